The first kappa shape index (κ1) is 17.9. The third kappa shape index (κ3) is 3.86. The molecule has 0 saturated carbocycles. The summed E-state index contributed by atoms with van der Waals surface area (Å²) in [6.45, 7) is 7.11. The number of nitrogens with zero attached hydrogens (tertiary/aromatic N) is 1. The lowest BCUT2D eigenvalue weighted by molar-refractivity contribution is -0.130. The van der Waals surface area contributed by atoms with E-state index in [4.69, 9.17) is 4.74 Å². The van der Waals surface area contributed by atoms with Gasteiger partial charge < -0.3 is 10.1 Å². The van der Waals surface area contributed by atoms with Crippen molar-refractivity contribution < 1.29 is 19.1 Å². The topological polar surface area (TPSA) is 75.7 Å². The van der Waals surface area contributed by atoms with E-state index in [1.165, 1.54) is 21.8 Å². The highest BCUT2D eigenvalue weighted by Crippen LogP contribution is 2.40. The Balaban J connectivity index is 1.60. The number of hydrogen-bond acceptors (Lipinski definition) is 5. The summed E-state index contributed by atoms with van der Waals surface area (Å²) in [5, 5.41) is 2.55. The van der Waals surface area contributed by atoms with Crippen LogP contribution in [0, 0.1) is 11.3 Å². The minimum absolute atomic E-state index is 0.253. The maximum atomic E-state index is 12.3. The summed E-state index contributed by atoms with van der Waals surface area (Å²) in [5.74, 6) is -0.370. The second kappa shape index (κ2) is 6.78. The van der Waals surface area contributed by atoms with Crippen molar-refractivity contribution in [2.45, 2.75) is 40.0 Å². The molecular weight excluding hydrogens is 340 g/mol. The predicted molar refractivity (Wildman–Crippen MR) is 94.7 cm³/mol. The van der Waals surface area contributed by atoms with Crippen LogP contribution in [0.15, 0.2) is 6.07 Å². The number of imide groups is 1. The number of amides is 3. The molecule has 1 saturated heterocycles. The van der Waals surface area contributed by atoms with Gasteiger partial charge in [0, 0.05) is 18.0 Å². The molecule has 1 aliphatic heterocycles. The van der Waals surface area contributed by atoms with Crippen LogP contribution in [0.1, 0.15) is 47.3 Å². The minimum Gasteiger partial charge on any atom is -0.451 e. The summed E-state index contributed by atoms with van der Waals surface area (Å²) in [5.41, 5.74) is 1.48. The highest BCUT2D eigenvalue weighted by Gasteiger charge is 2.31. The maximum Gasteiger partial charge on any atom is 0.348 e. The van der Waals surface area contributed by atoms with E-state index >= 15 is 0 Å². The standard InChI is InChI=1S/C18H24N2O4S/c1-18(2,3)12-4-5-13-11(8-12)9-14(25-13)16(22)24-10-15(21)20-7-6-19-17(20)23/h9,12H,4-8,10H2,1-3H3,(H,19,23)/t12-/m0/s1. The molecule has 1 aliphatic carbocycles. The summed E-state index contributed by atoms with van der Waals surface area (Å²) >= 11 is 1.46. The zero-order chi connectivity index (χ0) is 18.2. The molecule has 0 aromatic carbocycles. The zero-order valence-corrected chi connectivity index (χ0v) is 15.7. The lowest BCUT2D eigenvalue weighted by Crippen LogP contribution is -2.37. The summed E-state index contributed by atoms with van der Waals surface area (Å²) in [4.78, 5) is 38.5. The highest BCUT2D eigenvalue weighted by molar-refractivity contribution is 7.14. The van der Waals surface area contributed by atoms with Crippen molar-refractivity contribution in [3.05, 3.63) is 21.4 Å². The molecule has 136 valence electrons. The second-order valence-corrected chi connectivity index (χ2v) is 8.86. The van der Waals surface area contributed by atoms with Crippen LogP contribution >= 0.6 is 11.3 Å². The van der Waals surface area contributed by atoms with Crippen molar-refractivity contribution in [2.75, 3.05) is 19.7 Å². The Morgan fingerprint density at radius 2 is 2.16 bits per heavy atom. The van der Waals surface area contributed by atoms with Gasteiger partial charge in [-0.3, -0.25) is 9.69 Å². The molecule has 0 unspecified atom stereocenters. The SMILES string of the molecule is CC(C)(C)[C@H]1CCc2sc(C(=O)OCC(=O)N3CCNC3=O)cc2C1. The summed E-state index contributed by atoms with van der Waals surface area (Å²) in [6.07, 6.45) is 3.10. The van der Waals surface area contributed by atoms with Crippen LogP contribution in [0.3, 0.4) is 0 Å². The van der Waals surface area contributed by atoms with Gasteiger partial charge in [0.25, 0.3) is 5.91 Å². The van der Waals surface area contributed by atoms with Crippen LogP contribution in [0.25, 0.3) is 0 Å². The number of esters is 1. The molecule has 25 heavy (non-hydrogen) atoms. The first-order valence-electron chi connectivity index (χ1n) is 8.62. The van der Waals surface area contributed by atoms with Crippen molar-refractivity contribution in [3.8, 4) is 0 Å². The number of carbonyl (C=O) groups is 3. The van der Waals surface area contributed by atoms with E-state index in [9.17, 15) is 14.4 Å². The molecule has 2 heterocycles. The number of carbonyl (C=O) groups excluding carboxylic acids is 3. The molecule has 1 fully saturated rings. The Morgan fingerprint density at radius 1 is 1.40 bits per heavy atom. The molecule has 7 heteroatoms. The van der Waals surface area contributed by atoms with Crippen molar-refractivity contribution >= 4 is 29.2 Å². The van der Waals surface area contributed by atoms with Gasteiger partial charge in [0.2, 0.25) is 0 Å². The van der Waals surface area contributed by atoms with Crippen LogP contribution < -0.4 is 5.32 Å². The van der Waals surface area contributed by atoms with Crippen molar-refractivity contribution in [2.24, 2.45) is 11.3 Å². The van der Waals surface area contributed by atoms with Crippen LogP contribution in [0.5, 0.6) is 0 Å². The van der Waals surface area contributed by atoms with Crippen LogP contribution in [0.2, 0.25) is 0 Å². The Kier molecular flexibility index (Phi) is 4.86. The number of thiophene rings is 1. The Bertz CT molecular complexity index is 704. The molecule has 2 aliphatic rings. The normalized spacial score (nSPS) is 20.2. The lowest BCUT2D eigenvalue weighted by Gasteiger charge is -2.33. The number of hydrogen-bond donors (Lipinski definition) is 1. The number of aryl methyl sites for hydroxylation is 1. The number of ether oxygens (including phenoxy) is 1. The Labute approximate surface area is 151 Å². The van der Waals surface area contributed by atoms with Crippen LogP contribution in [0.4, 0.5) is 4.79 Å². The molecule has 1 N–H and O–H groups in total. The number of fused-ring (bicyclic) bond motifs is 1. The van der Waals surface area contributed by atoms with Gasteiger partial charge in [-0.2, -0.15) is 0 Å². The number of rotatable bonds is 3. The minimum atomic E-state index is -0.488. The van der Waals surface area contributed by atoms with E-state index in [0.717, 1.165) is 24.2 Å². The van der Waals surface area contributed by atoms with Gasteiger partial charge in [-0.25, -0.2) is 9.59 Å². The molecule has 6 nitrogen and oxygen atoms in total. The van der Waals surface area contributed by atoms with E-state index in [1.54, 1.807) is 0 Å². The number of urea groups is 1. The lowest BCUT2D eigenvalue weighted by atomic mass is 9.72. The van der Waals surface area contributed by atoms with Gasteiger partial charge in [0.1, 0.15) is 4.88 Å². The van der Waals surface area contributed by atoms with Crippen LogP contribution in [-0.2, 0) is 22.4 Å². The molecule has 1 aromatic rings. The van der Waals surface area contributed by atoms with Gasteiger partial charge >= 0.3 is 12.0 Å². The third-order valence-electron chi connectivity index (χ3n) is 4.99. The van der Waals surface area contributed by atoms with Gasteiger partial charge in [0.15, 0.2) is 6.61 Å². The molecule has 3 rings (SSSR count). The zero-order valence-electron chi connectivity index (χ0n) is 14.9. The largest absolute Gasteiger partial charge is 0.451 e. The van der Waals surface area contributed by atoms with Crippen molar-refractivity contribution in [1.29, 1.82) is 0 Å². The van der Waals surface area contributed by atoms with Gasteiger partial charge in [0.05, 0.1) is 0 Å². The van der Waals surface area contributed by atoms with E-state index in [1.807, 2.05) is 6.07 Å². The monoisotopic (exact) mass is 364 g/mol. The smallest absolute Gasteiger partial charge is 0.348 e. The van der Waals surface area contributed by atoms with Crippen molar-refractivity contribution in [3.63, 3.8) is 0 Å². The first-order chi connectivity index (χ1) is 11.8. The van der Waals surface area contributed by atoms with Gasteiger partial charge in [-0.05, 0) is 42.2 Å². The molecule has 0 spiro atoms. The maximum absolute atomic E-state index is 12.3. The number of nitrogens with one attached hydrogen (secondary N) is 1. The van der Waals surface area contributed by atoms with E-state index in [0.29, 0.717) is 23.9 Å². The highest BCUT2D eigenvalue weighted by atomic mass is 32.1. The summed E-state index contributed by atoms with van der Waals surface area (Å²) < 4.78 is 5.12. The molecular formula is C18H24N2O4S. The second-order valence-electron chi connectivity index (χ2n) is 7.72. The molecule has 3 amide bonds. The summed E-state index contributed by atoms with van der Waals surface area (Å²) in [7, 11) is 0. The third-order valence-corrected chi connectivity index (χ3v) is 6.21. The average molecular weight is 364 g/mol. The summed E-state index contributed by atoms with van der Waals surface area (Å²) in [6, 6.07) is 1.48. The molecule has 1 aromatic heterocycles. The quantitative estimate of drug-likeness (QED) is 0.837. The van der Waals surface area contributed by atoms with Gasteiger partial charge in [-0.1, -0.05) is 20.8 Å². The molecule has 1 atom stereocenters. The van der Waals surface area contributed by atoms with Gasteiger partial charge in [-0.15, -0.1) is 11.3 Å². The average Bonchev–Trinajstić information content (AvgIpc) is 3.16. The fourth-order valence-corrected chi connectivity index (χ4v) is 4.45. The van der Waals surface area contributed by atoms with E-state index < -0.39 is 24.5 Å². The molecule has 0 bridgehead atoms. The fraction of sp³-hybridized carbons (Fsp3) is 0.611. The van der Waals surface area contributed by atoms with E-state index in [2.05, 4.69) is 26.1 Å². The first-order valence-corrected chi connectivity index (χ1v) is 9.44. The van der Waals surface area contributed by atoms with Crippen molar-refractivity contribution in [1.82, 2.24) is 10.2 Å². The molecule has 0 radical (unpaired) electrons. The van der Waals surface area contributed by atoms with Crippen LogP contribution in [-0.4, -0.2) is 42.5 Å². The fourth-order valence-electron chi connectivity index (χ4n) is 3.35. The Hall–Kier alpha value is -1.89. The predicted octanol–water partition coefficient (Wildman–Crippen LogP) is 2.61. The van der Waals surface area contributed by atoms with E-state index in [-0.39, 0.29) is 5.41 Å². The Morgan fingerprint density at radius 3 is 2.80 bits per heavy atom.